The van der Waals surface area contributed by atoms with E-state index >= 15 is 0 Å². The molecule has 13 nitrogen and oxygen atoms in total. The molecule has 0 spiro atoms. The molecule has 1 aromatic heterocycles. The number of anilines is 3. The van der Waals surface area contributed by atoms with E-state index in [4.69, 9.17) is 9.47 Å². The Balaban J connectivity index is -0.000000268. The van der Waals surface area contributed by atoms with Gasteiger partial charge in [-0.3, -0.25) is 30.7 Å². The minimum Gasteiger partial charge on any atom is -0.385 e. The van der Waals surface area contributed by atoms with Crippen molar-refractivity contribution in [2.24, 2.45) is 15.3 Å². The Labute approximate surface area is 293 Å². The number of rotatable bonds is 13. The van der Waals surface area contributed by atoms with Gasteiger partial charge in [0.05, 0.1) is 11.4 Å². The maximum Gasteiger partial charge on any atom is 0.251 e. The van der Waals surface area contributed by atoms with Crippen LogP contribution in [0.5, 0.6) is 0 Å². The number of aromatic nitrogens is 1. The van der Waals surface area contributed by atoms with Crippen molar-refractivity contribution in [2.45, 2.75) is 55.4 Å². The molecule has 0 bridgehead atoms. The van der Waals surface area contributed by atoms with Gasteiger partial charge < -0.3 is 14.8 Å². The van der Waals surface area contributed by atoms with Crippen LogP contribution in [-0.2, 0) is 9.47 Å². The first-order chi connectivity index (χ1) is 22.6. The molecule has 0 atom stereocenters. The fraction of sp³-hybridized carbons (Fsp3) is 0.361. The highest BCUT2D eigenvalue weighted by molar-refractivity contribution is 5.95. The van der Waals surface area contributed by atoms with E-state index in [0.717, 1.165) is 37.4 Å². The lowest BCUT2D eigenvalue weighted by molar-refractivity contribution is 0.0961. The summed E-state index contributed by atoms with van der Waals surface area (Å²) in [4.78, 5) is 36.7. The summed E-state index contributed by atoms with van der Waals surface area (Å²) in [5.74, 6) is 0.543. The Kier molecular flexibility index (Phi) is 35.2. The molecule has 1 heterocycles. The standard InChI is InChI=1S/C9H11N3O.C9H10N2O.C8H9N3O.2C4H10O.2CH4/c1-10-9(13)7-3-5-8(6-4-7)12-11-2;1-7(12)8-3-5-9(6-4-8)11-10-2;1-6(12)7-3-4-8(10-5-7)11-9-2;2*1-3-4-5-2;;/h3-6,12H,2H2,1H3,(H,10,13);3-6,11H,2H2,1H3;3-5H,2H2,1H3,(H,10,11);2*3-4H2,1-2H3;2*1H4. The van der Waals surface area contributed by atoms with E-state index in [-0.39, 0.29) is 32.3 Å². The minimum absolute atomic E-state index is 0. The highest BCUT2D eigenvalue weighted by atomic mass is 16.5. The van der Waals surface area contributed by atoms with E-state index < -0.39 is 0 Å². The Bertz CT molecular complexity index is 1230. The summed E-state index contributed by atoms with van der Waals surface area (Å²) in [6.07, 6.45) is 3.74. The predicted octanol–water partition coefficient (Wildman–Crippen LogP) is 7.66. The fourth-order valence-corrected chi connectivity index (χ4v) is 2.96. The summed E-state index contributed by atoms with van der Waals surface area (Å²) in [7, 11) is 5.02. The summed E-state index contributed by atoms with van der Waals surface area (Å²) >= 11 is 0. The number of amides is 1. The number of Topliss-reactive ketones (excluding diaryl/α,β-unsaturated/α-hetero) is 2. The maximum absolute atomic E-state index is 11.1. The second kappa shape index (κ2) is 34.1. The molecule has 13 heteroatoms. The molecule has 0 aliphatic rings. The molecular weight excluding hydrogens is 624 g/mol. The molecule has 49 heavy (non-hydrogen) atoms. The molecule has 272 valence electrons. The molecule has 3 rings (SSSR count). The van der Waals surface area contributed by atoms with Crippen LogP contribution in [0.15, 0.2) is 82.2 Å². The SMILES string of the molecule is C.C.C=NNc1ccc(C(=O)NC)cc1.C=NNc1ccc(C(C)=O)cc1.C=NNc1ccc(C(C)=O)cn1.CCCOC.CCCOC. The minimum atomic E-state index is -0.0990. The number of hydrogen-bond acceptors (Lipinski definition) is 12. The molecular formula is C36H58N8O5. The number of benzene rings is 2. The van der Waals surface area contributed by atoms with Gasteiger partial charge in [0, 0.05) is 77.5 Å². The van der Waals surface area contributed by atoms with Crippen LogP contribution >= 0.6 is 0 Å². The molecule has 0 saturated carbocycles. The molecule has 4 N–H and O–H groups in total. The van der Waals surface area contributed by atoms with E-state index in [9.17, 15) is 14.4 Å². The number of ketones is 2. The van der Waals surface area contributed by atoms with E-state index in [0.29, 0.717) is 22.5 Å². The van der Waals surface area contributed by atoms with E-state index in [1.165, 1.54) is 20.0 Å². The smallest absolute Gasteiger partial charge is 0.251 e. The lowest BCUT2D eigenvalue weighted by atomic mass is 10.1. The van der Waals surface area contributed by atoms with Crippen molar-refractivity contribution in [1.82, 2.24) is 10.3 Å². The number of ether oxygens (including phenoxy) is 2. The number of nitrogens with zero attached hydrogens (tertiary/aromatic N) is 4. The summed E-state index contributed by atoms with van der Waals surface area (Å²) in [6.45, 7) is 18.8. The average molecular weight is 683 g/mol. The van der Waals surface area contributed by atoms with Crippen LogP contribution in [0.3, 0.4) is 0 Å². The average Bonchev–Trinajstić information content (AvgIpc) is 3.08. The Morgan fingerprint density at radius 2 is 1.04 bits per heavy atom. The lowest BCUT2D eigenvalue weighted by Gasteiger charge is -2.01. The monoisotopic (exact) mass is 682 g/mol. The molecule has 3 aromatic rings. The summed E-state index contributed by atoms with van der Waals surface area (Å²) in [5.41, 5.74) is 11.5. The van der Waals surface area contributed by atoms with Gasteiger partial charge in [0.25, 0.3) is 5.91 Å². The molecule has 0 aliphatic carbocycles. The molecule has 0 saturated heterocycles. The molecule has 0 aliphatic heterocycles. The first kappa shape index (κ1) is 50.6. The number of carbonyl (C=O) groups excluding carboxylic acids is 3. The number of pyridine rings is 1. The third kappa shape index (κ3) is 26.5. The molecule has 0 fully saturated rings. The summed E-state index contributed by atoms with van der Waals surface area (Å²) < 4.78 is 9.38. The van der Waals surface area contributed by atoms with Crippen LogP contribution in [0.1, 0.15) is 86.5 Å². The van der Waals surface area contributed by atoms with Gasteiger partial charge >= 0.3 is 0 Å². The molecule has 0 radical (unpaired) electrons. The van der Waals surface area contributed by atoms with Crippen molar-refractivity contribution in [3.8, 4) is 0 Å². The van der Waals surface area contributed by atoms with Crippen molar-refractivity contribution >= 4 is 54.8 Å². The van der Waals surface area contributed by atoms with Gasteiger partial charge in [-0.15, -0.1) is 0 Å². The van der Waals surface area contributed by atoms with Crippen LogP contribution in [0, 0.1) is 0 Å². The van der Waals surface area contributed by atoms with Gasteiger partial charge in [0.2, 0.25) is 0 Å². The van der Waals surface area contributed by atoms with Crippen LogP contribution in [-0.4, -0.2) is 77.1 Å². The first-order valence-electron chi connectivity index (χ1n) is 14.6. The third-order valence-corrected chi connectivity index (χ3v) is 5.26. The fourth-order valence-electron chi connectivity index (χ4n) is 2.96. The number of carbonyl (C=O) groups is 3. The van der Waals surface area contributed by atoms with E-state index in [2.05, 4.69) is 75.9 Å². The Hall–Kier alpha value is -5.27. The van der Waals surface area contributed by atoms with Crippen LogP contribution in [0.25, 0.3) is 0 Å². The second-order valence-electron chi connectivity index (χ2n) is 9.07. The number of hydrazone groups is 3. The second-order valence-corrected chi connectivity index (χ2v) is 9.07. The normalized spacial score (nSPS) is 8.55. The van der Waals surface area contributed by atoms with Crippen LogP contribution < -0.4 is 21.6 Å². The topological polar surface area (TPSA) is 168 Å². The van der Waals surface area contributed by atoms with Crippen molar-refractivity contribution in [1.29, 1.82) is 0 Å². The van der Waals surface area contributed by atoms with Crippen LogP contribution in [0.2, 0.25) is 0 Å². The highest BCUT2D eigenvalue weighted by Gasteiger charge is 2.01. The predicted molar refractivity (Wildman–Crippen MR) is 208 cm³/mol. The third-order valence-electron chi connectivity index (χ3n) is 5.26. The summed E-state index contributed by atoms with van der Waals surface area (Å²) in [5, 5.41) is 13.0. The first-order valence-corrected chi connectivity index (χ1v) is 14.6. The van der Waals surface area contributed by atoms with Gasteiger partial charge in [-0.2, -0.15) is 15.3 Å². The zero-order valence-electron chi connectivity index (χ0n) is 28.6. The van der Waals surface area contributed by atoms with Gasteiger partial charge in [0.15, 0.2) is 11.6 Å². The number of hydrogen-bond donors (Lipinski definition) is 4. The van der Waals surface area contributed by atoms with Gasteiger partial charge in [-0.05, 0) is 87.4 Å². The van der Waals surface area contributed by atoms with E-state index in [1.54, 1.807) is 81.9 Å². The van der Waals surface area contributed by atoms with Gasteiger partial charge in [-0.1, -0.05) is 28.7 Å². The lowest BCUT2D eigenvalue weighted by Crippen LogP contribution is -2.17. The van der Waals surface area contributed by atoms with Gasteiger partial charge in [0.1, 0.15) is 5.82 Å². The van der Waals surface area contributed by atoms with Crippen molar-refractivity contribution < 1.29 is 23.9 Å². The maximum atomic E-state index is 11.1. The van der Waals surface area contributed by atoms with Gasteiger partial charge in [-0.25, -0.2) is 4.98 Å². The molecule has 0 unspecified atom stereocenters. The largest absolute Gasteiger partial charge is 0.385 e. The number of nitrogens with one attached hydrogen (secondary N) is 4. The molecule has 2 aromatic carbocycles. The van der Waals surface area contributed by atoms with E-state index in [1.807, 2.05) is 0 Å². The zero-order valence-corrected chi connectivity index (χ0v) is 28.6. The Morgan fingerprint density at radius 1 is 0.653 bits per heavy atom. The summed E-state index contributed by atoms with van der Waals surface area (Å²) in [6, 6.07) is 17.4. The van der Waals surface area contributed by atoms with Crippen molar-refractivity contribution in [2.75, 3.05) is 50.8 Å². The van der Waals surface area contributed by atoms with Crippen molar-refractivity contribution in [3.63, 3.8) is 0 Å². The van der Waals surface area contributed by atoms with Crippen LogP contribution in [0.4, 0.5) is 17.2 Å². The molecule has 1 amide bonds. The number of methoxy groups -OCH3 is 2. The highest BCUT2D eigenvalue weighted by Crippen LogP contribution is 2.10. The zero-order chi connectivity index (χ0) is 35.9. The Morgan fingerprint density at radius 3 is 1.31 bits per heavy atom. The quantitative estimate of drug-likeness (QED) is 0.0804. The van der Waals surface area contributed by atoms with Crippen molar-refractivity contribution in [3.05, 3.63) is 83.6 Å².